The van der Waals surface area contributed by atoms with E-state index in [1.807, 2.05) is 12.1 Å². The van der Waals surface area contributed by atoms with Gasteiger partial charge in [0, 0.05) is 25.3 Å². The smallest absolute Gasteiger partial charge is 0.253 e. The fourth-order valence-electron chi connectivity index (χ4n) is 1.50. The van der Waals surface area contributed by atoms with E-state index in [1.54, 1.807) is 19.0 Å². The van der Waals surface area contributed by atoms with Gasteiger partial charge in [-0.1, -0.05) is 20.8 Å². The highest BCUT2D eigenvalue weighted by atomic mass is 127. The number of anilines is 1. The third-order valence-corrected chi connectivity index (χ3v) is 3.18. The summed E-state index contributed by atoms with van der Waals surface area (Å²) in [6, 6.07) is 5.93. The minimum atomic E-state index is 0.0315. The zero-order valence-corrected chi connectivity index (χ0v) is 13.1. The Labute approximate surface area is 117 Å². The molecule has 1 N–H and O–H groups in total. The summed E-state index contributed by atoms with van der Waals surface area (Å²) in [4.78, 5) is 13.6. The van der Waals surface area contributed by atoms with Gasteiger partial charge in [-0.25, -0.2) is 0 Å². The molecule has 0 aliphatic heterocycles. The number of benzene rings is 1. The van der Waals surface area contributed by atoms with Crippen LogP contribution in [0.25, 0.3) is 0 Å². The number of amides is 1. The van der Waals surface area contributed by atoms with E-state index in [2.05, 4.69) is 53.2 Å². The molecule has 0 unspecified atom stereocenters. The number of carbonyl (C=O) groups excluding carboxylic acids is 1. The minimum Gasteiger partial charge on any atom is -0.345 e. The van der Waals surface area contributed by atoms with E-state index in [0.29, 0.717) is 0 Å². The molecule has 0 saturated heterocycles. The summed E-state index contributed by atoms with van der Waals surface area (Å²) in [5.74, 6) is 0.0315. The van der Waals surface area contributed by atoms with Crippen molar-refractivity contribution in [2.45, 2.75) is 26.2 Å². The molecule has 0 saturated carbocycles. The quantitative estimate of drug-likeness (QED) is 0.657. The Bertz CT molecular complexity index is 422. The van der Waals surface area contributed by atoms with Gasteiger partial charge < -0.3 is 8.43 Å². The molecule has 0 fully saturated rings. The van der Waals surface area contributed by atoms with E-state index in [-0.39, 0.29) is 11.3 Å². The molecule has 1 aromatic carbocycles. The molecule has 0 radical (unpaired) electrons. The first-order valence-corrected chi connectivity index (χ1v) is 6.57. The Balaban J connectivity index is 3.28. The molecule has 3 nitrogen and oxygen atoms in total. The van der Waals surface area contributed by atoms with Gasteiger partial charge in [0.2, 0.25) is 0 Å². The van der Waals surface area contributed by atoms with Crippen molar-refractivity contribution in [1.29, 1.82) is 0 Å². The highest BCUT2D eigenvalue weighted by Gasteiger charge is 2.18. The van der Waals surface area contributed by atoms with Gasteiger partial charge in [0.15, 0.2) is 0 Å². The third-order valence-electron chi connectivity index (χ3n) is 2.56. The van der Waals surface area contributed by atoms with Gasteiger partial charge in [0.1, 0.15) is 0 Å². The molecule has 1 amide bonds. The van der Waals surface area contributed by atoms with Crippen molar-refractivity contribution in [1.82, 2.24) is 4.90 Å². The topological polar surface area (TPSA) is 32.3 Å². The van der Waals surface area contributed by atoms with Crippen LogP contribution in [0.2, 0.25) is 0 Å². The van der Waals surface area contributed by atoms with Gasteiger partial charge in [-0.05, 0) is 29.2 Å². The van der Waals surface area contributed by atoms with Crippen molar-refractivity contribution in [3.05, 3.63) is 29.3 Å². The first-order chi connectivity index (χ1) is 7.75. The van der Waals surface area contributed by atoms with Crippen LogP contribution in [0.15, 0.2) is 18.2 Å². The molecule has 0 aromatic heterocycles. The van der Waals surface area contributed by atoms with Crippen molar-refractivity contribution < 1.29 is 4.79 Å². The lowest BCUT2D eigenvalue weighted by molar-refractivity contribution is 0.0827. The van der Waals surface area contributed by atoms with Crippen LogP contribution in [0.5, 0.6) is 0 Å². The number of hydrogen-bond acceptors (Lipinski definition) is 2. The maximum atomic E-state index is 12.0. The molecular weight excluding hydrogens is 327 g/mol. The average molecular weight is 346 g/mol. The van der Waals surface area contributed by atoms with Gasteiger partial charge in [-0.15, -0.1) is 0 Å². The molecule has 94 valence electrons. The Kier molecular flexibility index (Phi) is 4.41. The molecule has 4 heteroatoms. The molecule has 1 rings (SSSR count). The standard InChI is InChI=1S/C13H19IN2O/c1-13(2,3)10-6-9(12(17)16(4)5)7-11(8-10)15-14/h6-8,15H,1-5H3. The average Bonchev–Trinajstić information content (AvgIpc) is 2.26. The van der Waals surface area contributed by atoms with Gasteiger partial charge in [-0.3, -0.25) is 4.79 Å². The molecule has 0 bridgehead atoms. The van der Waals surface area contributed by atoms with Crippen molar-refractivity contribution in [2.24, 2.45) is 0 Å². The zero-order valence-electron chi connectivity index (χ0n) is 11.0. The second-order valence-corrected chi connectivity index (χ2v) is 5.88. The Morgan fingerprint density at radius 3 is 2.24 bits per heavy atom. The zero-order chi connectivity index (χ0) is 13.2. The van der Waals surface area contributed by atoms with E-state index >= 15 is 0 Å². The highest BCUT2D eigenvalue weighted by Crippen LogP contribution is 2.27. The van der Waals surface area contributed by atoms with Crippen LogP contribution in [-0.2, 0) is 5.41 Å². The molecule has 17 heavy (non-hydrogen) atoms. The van der Waals surface area contributed by atoms with Crippen molar-refractivity contribution >= 4 is 34.5 Å². The molecular formula is C13H19IN2O. The fraction of sp³-hybridized carbons (Fsp3) is 0.462. The lowest BCUT2D eigenvalue weighted by atomic mass is 9.85. The Morgan fingerprint density at radius 2 is 1.82 bits per heavy atom. The van der Waals surface area contributed by atoms with Crippen molar-refractivity contribution in [3.63, 3.8) is 0 Å². The second-order valence-electron chi connectivity index (χ2n) is 5.34. The monoisotopic (exact) mass is 346 g/mol. The van der Waals surface area contributed by atoms with Crippen LogP contribution in [0.4, 0.5) is 5.69 Å². The van der Waals surface area contributed by atoms with Crippen molar-refractivity contribution in [3.8, 4) is 0 Å². The first kappa shape index (κ1) is 14.3. The summed E-state index contributed by atoms with van der Waals surface area (Å²) in [7, 11) is 3.53. The minimum absolute atomic E-state index is 0.0315. The summed E-state index contributed by atoms with van der Waals surface area (Å²) < 4.78 is 3.07. The van der Waals surface area contributed by atoms with Gasteiger partial charge in [0.05, 0.1) is 22.9 Å². The number of hydrogen-bond donors (Lipinski definition) is 1. The number of nitrogens with zero attached hydrogens (tertiary/aromatic N) is 1. The fourth-order valence-corrected chi connectivity index (χ4v) is 1.81. The van der Waals surface area contributed by atoms with Gasteiger partial charge >= 0.3 is 0 Å². The van der Waals surface area contributed by atoms with Gasteiger partial charge in [-0.2, -0.15) is 0 Å². The third kappa shape index (κ3) is 3.59. The van der Waals surface area contributed by atoms with Crippen LogP contribution >= 0.6 is 22.9 Å². The maximum absolute atomic E-state index is 12.0. The lowest BCUT2D eigenvalue weighted by Gasteiger charge is -2.21. The van der Waals surface area contributed by atoms with Crippen LogP contribution < -0.4 is 3.53 Å². The largest absolute Gasteiger partial charge is 0.345 e. The predicted octanol–water partition coefficient (Wildman–Crippen LogP) is 3.45. The van der Waals surface area contributed by atoms with Crippen molar-refractivity contribution in [2.75, 3.05) is 17.6 Å². The number of rotatable bonds is 2. The Morgan fingerprint density at radius 1 is 1.24 bits per heavy atom. The Hall–Kier alpha value is -0.780. The van der Waals surface area contributed by atoms with E-state index in [1.165, 1.54) is 0 Å². The van der Waals surface area contributed by atoms with Crippen LogP contribution in [0.1, 0.15) is 36.7 Å². The molecule has 1 aromatic rings. The normalized spacial score (nSPS) is 11.2. The summed E-state index contributed by atoms with van der Waals surface area (Å²) in [5, 5.41) is 0. The summed E-state index contributed by atoms with van der Waals surface area (Å²) in [5.41, 5.74) is 2.87. The molecule has 0 heterocycles. The van der Waals surface area contributed by atoms with E-state index < -0.39 is 0 Å². The predicted molar refractivity (Wildman–Crippen MR) is 80.8 cm³/mol. The molecule has 0 aliphatic carbocycles. The molecule has 0 spiro atoms. The number of nitrogens with one attached hydrogen (secondary N) is 1. The number of halogens is 1. The number of carbonyl (C=O) groups is 1. The lowest BCUT2D eigenvalue weighted by Crippen LogP contribution is -2.22. The summed E-state index contributed by atoms with van der Waals surface area (Å²) in [6.07, 6.45) is 0. The van der Waals surface area contributed by atoms with E-state index in [9.17, 15) is 4.79 Å². The highest BCUT2D eigenvalue weighted by molar-refractivity contribution is 14.1. The first-order valence-electron chi connectivity index (χ1n) is 5.49. The van der Waals surface area contributed by atoms with Crippen LogP contribution in [0, 0.1) is 0 Å². The summed E-state index contributed by atoms with van der Waals surface area (Å²) in [6.45, 7) is 6.43. The van der Waals surface area contributed by atoms with E-state index in [0.717, 1.165) is 16.8 Å². The SMILES string of the molecule is CN(C)C(=O)c1cc(NI)cc(C(C)(C)C)c1. The maximum Gasteiger partial charge on any atom is 0.253 e. The van der Waals surface area contributed by atoms with E-state index in [4.69, 9.17) is 0 Å². The van der Waals surface area contributed by atoms with Gasteiger partial charge in [0.25, 0.3) is 5.91 Å². The molecule has 0 aliphatic rings. The second kappa shape index (κ2) is 5.25. The molecule has 0 atom stereocenters. The summed E-state index contributed by atoms with van der Waals surface area (Å²) >= 11 is 2.08. The van der Waals surface area contributed by atoms with Crippen LogP contribution in [0.3, 0.4) is 0 Å². The van der Waals surface area contributed by atoms with Crippen LogP contribution in [-0.4, -0.2) is 24.9 Å².